The maximum absolute atomic E-state index is 14.3. The first-order chi connectivity index (χ1) is 19.1. The number of benzene rings is 2. The average Bonchev–Trinajstić information content (AvgIpc) is 3.43. The summed E-state index contributed by atoms with van der Waals surface area (Å²) in [5.41, 5.74) is 2.15. The number of alkyl halides is 3. The molecule has 2 aromatic carbocycles. The number of anilines is 1. The predicted molar refractivity (Wildman–Crippen MR) is 143 cm³/mol. The summed E-state index contributed by atoms with van der Waals surface area (Å²) in [6.45, 7) is 2.22. The van der Waals surface area contributed by atoms with Crippen molar-refractivity contribution in [1.29, 1.82) is 0 Å². The van der Waals surface area contributed by atoms with Crippen LogP contribution >= 0.6 is 0 Å². The van der Waals surface area contributed by atoms with Crippen LogP contribution in [0, 0.1) is 5.92 Å². The molecule has 1 N–H and O–H groups in total. The number of para-hydroxylation sites is 1. The number of methoxy groups -OCH3 is 1. The van der Waals surface area contributed by atoms with E-state index in [4.69, 9.17) is 4.74 Å². The van der Waals surface area contributed by atoms with Crippen LogP contribution in [0.5, 0.6) is 0 Å². The Morgan fingerprint density at radius 1 is 1.23 bits per heavy atom. The highest BCUT2D eigenvalue weighted by atomic mass is 19.4. The van der Waals surface area contributed by atoms with Crippen molar-refractivity contribution >= 4 is 11.6 Å². The zero-order chi connectivity index (χ0) is 28.2. The predicted octanol–water partition coefficient (Wildman–Crippen LogP) is 5.05. The Balaban J connectivity index is 1.37. The van der Waals surface area contributed by atoms with E-state index >= 15 is 0 Å². The molecule has 0 saturated heterocycles. The van der Waals surface area contributed by atoms with E-state index in [2.05, 4.69) is 17.3 Å². The topological polar surface area (TPSA) is 63.3 Å². The zero-order valence-electron chi connectivity index (χ0n) is 23.0. The average molecular weight is 555 g/mol. The van der Waals surface area contributed by atoms with Crippen LogP contribution in [-0.4, -0.2) is 34.9 Å². The maximum atomic E-state index is 14.3. The minimum absolute atomic E-state index is 0.0266. The van der Waals surface area contributed by atoms with E-state index in [0.717, 1.165) is 31.2 Å². The summed E-state index contributed by atoms with van der Waals surface area (Å²) in [6, 6.07) is 8.75. The van der Waals surface area contributed by atoms with Crippen molar-refractivity contribution in [1.82, 2.24) is 15.1 Å². The highest BCUT2D eigenvalue weighted by Gasteiger charge is 2.42. The summed E-state index contributed by atoms with van der Waals surface area (Å²) in [5, 5.41) is 7.88. The van der Waals surface area contributed by atoms with E-state index < -0.39 is 17.6 Å². The molecular weight excluding hydrogens is 519 g/mol. The van der Waals surface area contributed by atoms with Gasteiger partial charge < -0.3 is 15.0 Å². The van der Waals surface area contributed by atoms with Crippen molar-refractivity contribution in [3.05, 3.63) is 70.8 Å². The van der Waals surface area contributed by atoms with E-state index in [-0.39, 0.29) is 42.3 Å². The molecule has 6 rings (SSSR count). The normalized spacial score (nSPS) is 21.8. The van der Waals surface area contributed by atoms with Gasteiger partial charge in [-0.05, 0) is 73.8 Å². The lowest BCUT2D eigenvalue weighted by atomic mass is 9.76. The number of aryl methyl sites for hydroxylation is 1. The quantitative estimate of drug-likeness (QED) is 0.396. The van der Waals surface area contributed by atoms with E-state index in [1.807, 2.05) is 19.2 Å². The number of carbonyl (C=O) groups is 1. The Kier molecular flexibility index (Phi) is 6.94. The fourth-order valence-corrected chi connectivity index (χ4v) is 6.25. The van der Waals surface area contributed by atoms with Gasteiger partial charge in [-0.2, -0.15) is 13.2 Å². The monoisotopic (exact) mass is 554 g/mol. The number of nitrogens with one attached hydrogen (secondary N) is 1. The third kappa shape index (κ3) is 4.81. The molecule has 3 aliphatic rings. The van der Waals surface area contributed by atoms with Crippen LogP contribution in [0.2, 0.25) is 0 Å². The van der Waals surface area contributed by atoms with Gasteiger partial charge in [0.25, 0.3) is 12.2 Å². The second-order valence-electron chi connectivity index (χ2n) is 11.5. The smallest absolute Gasteiger partial charge is 0.381 e. The van der Waals surface area contributed by atoms with Gasteiger partial charge in [-0.15, -0.1) is 0 Å². The van der Waals surface area contributed by atoms with E-state index in [1.165, 1.54) is 17.4 Å². The van der Waals surface area contributed by atoms with Crippen molar-refractivity contribution in [2.45, 2.75) is 76.4 Å². The van der Waals surface area contributed by atoms with Crippen molar-refractivity contribution in [3.63, 3.8) is 0 Å². The van der Waals surface area contributed by atoms with Gasteiger partial charge in [0, 0.05) is 35.9 Å². The second-order valence-corrected chi connectivity index (χ2v) is 11.5. The molecule has 2 fully saturated rings. The Labute approximate surface area is 231 Å². The van der Waals surface area contributed by atoms with Crippen molar-refractivity contribution in [2.24, 2.45) is 13.0 Å². The van der Waals surface area contributed by atoms with E-state index in [1.54, 1.807) is 41.1 Å². The van der Waals surface area contributed by atoms with Crippen molar-refractivity contribution in [3.8, 4) is 5.69 Å². The summed E-state index contributed by atoms with van der Waals surface area (Å²) in [5.74, 6) is 0.335. The number of carbonyl (C=O) groups excluding carboxylic acids is 1. The minimum Gasteiger partial charge on any atom is -0.381 e. The van der Waals surface area contributed by atoms with E-state index in [0.29, 0.717) is 22.9 Å². The second kappa shape index (κ2) is 10.3. The number of hydrogen-bond acceptors (Lipinski definition) is 4. The lowest BCUT2D eigenvalue weighted by Gasteiger charge is -2.35. The Morgan fingerprint density at radius 2 is 2.00 bits per heavy atom. The summed E-state index contributed by atoms with van der Waals surface area (Å²) in [6.07, 6.45) is 4.21. The molecule has 2 aliphatic carbocycles. The van der Waals surface area contributed by atoms with Gasteiger partial charge >= 0.3 is 6.18 Å². The Hall–Kier alpha value is -3.24. The minimum atomic E-state index is -4.57. The fourth-order valence-electron chi connectivity index (χ4n) is 6.25. The van der Waals surface area contributed by atoms with Crippen molar-refractivity contribution in [2.75, 3.05) is 12.0 Å². The molecule has 0 radical (unpaired) electrons. The number of rotatable bonds is 8. The first-order valence-electron chi connectivity index (χ1n) is 14.0. The van der Waals surface area contributed by atoms with Gasteiger partial charge in [0.15, 0.2) is 5.69 Å². The molecule has 1 atom stereocenters. The molecule has 0 bridgehead atoms. The third-order valence-electron chi connectivity index (χ3n) is 8.98. The van der Waals surface area contributed by atoms with Crippen LogP contribution in [0.1, 0.15) is 77.6 Å². The van der Waals surface area contributed by atoms with Gasteiger partial charge in [-0.3, -0.25) is 4.79 Å². The number of fused-ring (bicyclic) bond motifs is 1. The van der Waals surface area contributed by atoms with Crippen LogP contribution in [0.3, 0.4) is 0 Å². The third-order valence-corrected chi connectivity index (χ3v) is 8.98. The van der Waals surface area contributed by atoms with Gasteiger partial charge in [-0.25, -0.2) is 4.57 Å². The summed E-state index contributed by atoms with van der Waals surface area (Å²) in [4.78, 5) is 15.3. The summed E-state index contributed by atoms with van der Waals surface area (Å²) >= 11 is 0. The van der Waals surface area contributed by atoms with Crippen LogP contribution in [-0.2, 0) is 31.1 Å². The van der Waals surface area contributed by atoms with E-state index in [9.17, 15) is 18.0 Å². The van der Waals surface area contributed by atoms with Crippen molar-refractivity contribution < 1.29 is 27.3 Å². The van der Waals surface area contributed by atoms with Gasteiger partial charge in [0.1, 0.15) is 0 Å². The largest absolute Gasteiger partial charge is 0.416 e. The number of hydrogen-bond donors (Lipinski definition) is 1. The lowest BCUT2D eigenvalue weighted by Crippen LogP contribution is -2.36. The van der Waals surface area contributed by atoms with Crippen LogP contribution in [0.25, 0.3) is 5.69 Å². The fraction of sp³-hybridized carbons (Fsp3) is 0.500. The molecule has 1 amide bonds. The molecule has 2 saturated carbocycles. The first kappa shape index (κ1) is 27.0. The Morgan fingerprint density at radius 3 is 2.62 bits per heavy atom. The lowest BCUT2D eigenvalue weighted by molar-refractivity contribution is -0.672. The molecule has 10 heteroatoms. The van der Waals surface area contributed by atoms with Gasteiger partial charge in [0.05, 0.1) is 30.9 Å². The van der Waals surface area contributed by atoms with Gasteiger partial charge in [-0.1, -0.05) is 23.2 Å². The molecule has 1 aromatic heterocycles. The molecule has 7 nitrogen and oxygen atoms in total. The summed E-state index contributed by atoms with van der Waals surface area (Å²) < 4.78 is 52.0. The maximum Gasteiger partial charge on any atom is 0.416 e. The summed E-state index contributed by atoms with van der Waals surface area (Å²) in [7, 11) is 3.55. The van der Waals surface area contributed by atoms with Crippen LogP contribution in [0.4, 0.5) is 18.9 Å². The first-order valence-corrected chi connectivity index (χ1v) is 14.0. The number of aromatic nitrogens is 3. The molecule has 3 aromatic rings. The number of halogens is 3. The Bertz CT molecular complexity index is 1430. The van der Waals surface area contributed by atoms with Gasteiger partial charge in [0.2, 0.25) is 6.33 Å². The molecule has 0 unspecified atom stereocenters. The highest BCUT2D eigenvalue weighted by molar-refractivity contribution is 6.11. The SMILES string of the molecule is COC1CC(c2cccc(N3Cc4c(cc(CN[C@H](C)C5CCC5)cc4C(F)(F)F)C3=O)c2-n2c[n+](C)cn2)C1. The number of ether oxygens (including phenoxy) is 1. The molecule has 212 valence electrons. The standard InChI is InChI=1S/C30H35F3N5O2/c1-18(20-6-4-7-20)34-14-19-10-24-25(26(11-19)30(31,32)33)15-37(29(24)39)27-9-5-8-23(21-12-22(13-21)40-3)28(27)38-17-36(2)16-35-38/h5,8-11,16-18,20-22,34H,4,6-7,12-15H2,1-3H3/q+1/t18-,21?,22?/m1/s1. The molecule has 40 heavy (non-hydrogen) atoms. The van der Waals surface area contributed by atoms with Crippen LogP contribution < -0.4 is 14.8 Å². The molecule has 2 heterocycles. The number of nitrogens with zero attached hydrogens (tertiary/aromatic N) is 4. The number of amides is 1. The molecular formula is C30H35F3N5O2+. The molecule has 0 spiro atoms. The highest BCUT2D eigenvalue weighted by Crippen LogP contribution is 2.45. The molecule has 1 aliphatic heterocycles. The van der Waals surface area contributed by atoms with Crippen LogP contribution in [0.15, 0.2) is 43.0 Å². The zero-order valence-corrected chi connectivity index (χ0v) is 23.0.